The number of rotatable bonds is 9. The van der Waals surface area contributed by atoms with E-state index in [0.29, 0.717) is 24.3 Å². The van der Waals surface area contributed by atoms with Crippen LogP contribution in [0.25, 0.3) is 0 Å². The van der Waals surface area contributed by atoms with Crippen LogP contribution in [0.4, 0.5) is 5.69 Å². The molecular formula is C19H24N2O4. The van der Waals surface area contributed by atoms with Crippen molar-refractivity contribution in [3.05, 3.63) is 55.1 Å². The zero-order valence-corrected chi connectivity index (χ0v) is 14.6. The molecule has 0 fully saturated rings. The summed E-state index contributed by atoms with van der Waals surface area (Å²) in [4.78, 5) is 37.0. The number of aliphatic carboxylic acids is 1. The molecule has 1 aromatic rings. The third kappa shape index (κ3) is 5.91. The van der Waals surface area contributed by atoms with Gasteiger partial charge >= 0.3 is 5.97 Å². The Balaban J connectivity index is 2.77. The van der Waals surface area contributed by atoms with Crippen LogP contribution >= 0.6 is 0 Å². The van der Waals surface area contributed by atoms with E-state index in [1.165, 1.54) is 13.8 Å². The highest BCUT2D eigenvalue weighted by Crippen LogP contribution is 2.21. The summed E-state index contributed by atoms with van der Waals surface area (Å²) in [6.07, 6.45) is 3.13. The fourth-order valence-electron chi connectivity index (χ4n) is 2.11. The van der Waals surface area contributed by atoms with Crippen LogP contribution in [0.3, 0.4) is 0 Å². The fraction of sp³-hybridized carbons (Fsp3) is 0.316. The molecule has 0 unspecified atom stereocenters. The number of anilines is 1. The SMILES string of the molecule is C=CCN(CC=C)C(=O)c1ccc(NC(=O)CC(C)(C)C(=O)O)cc1. The average Bonchev–Trinajstić information content (AvgIpc) is 2.54. The first kappa shape index (κ1) is 20.2. The molecule has 0 spiro atoms. The molecule has 2 amide bonds. The molecule has 0 heterocycles. The van der Waals surface area contributed by atoms with Crippen LogP contribution < -0.4 is 5.32 Å². The number of nitrogens with one attached hydrogen (secondary N) is 1. The van der Waals surface area contributed by atoms with Gasteiger partial charge in [0.1, 0.15) is 0 Å². The summed E-state index contributed by atoms with van der Waals surface area (Å²) in [5, 5.41) is 11.7. The Kier molecular flexibility index (Phi) is 7.11. The van der Waals surface area contributed by atoms with Crippen LogP contribution in [0.1, 0.15) is 30.6 Å². The molecule has 6 heteroatoms. The van der Waals surface area contributed by atoms with Crippen molar-refractivity contribution >= 4 is 23.5 Å². The van der Waals surface area contributed by atoms with E-state index in [1.807, 2.05) is 0 Å². The summed E-state index contributed by atoms with van der Waals surface area (Å²) in [5.41, 5.74) is -0.162. The van der Waals surface area contributed by atoms with Gasteiger partial charge in [-0.15, -0.1) is 13.2 Å². The van der Waals surface area contributed by atoms with Crippen molar-refractivity contribution in [2.75, 3.05) is 18.4 Å². The van der Waals surface area contributed by atoms with Gasteiger partial charge < -0.3 is 15.3 Å². The molecule has 0 aromatic heterocycles. The summed E-state index contributed by atoms with van der Waals surface area (Å²) in [7, 11) is 0. The van der Waals surface area contributed by atoms with E-state index in [1.54, 1.807) is 41.3 Å². The summed E-state index contributed by atoms with van der Waals surface area (Å²) in [6, 6.07) is 6.44. The molecule has 0 atom stereocenters. The number of carboxylic acid groups (broad SMARTS) is 1. The first-order valence-corrected chi connectivity index (χ1v) is 7.85. The Morgan fingerprint density at radius 3 is 2.08 bits per heavy atom. The van der Waals surface area contributed by atoms with E-state index in [0.717, 1.165) is 0 Å². The lowest BCUT2D eigenvalue weighted by molar-refractivity contribution is -0.148. The monoisotopic (exact) mass is 344 g/mol. The maximum Gasteiger partial charge on any atom is 0.309 e. The van der Waals surface area contributed by atoms with Crippen molar-refractivity contribution < 1.29 is 19.5 Å². The van der Waals surface area contributed by atoms with E-state index in [2.05, 4.69) is 18.5 Å². The first-order chi connectivity index (χ1) is 11.7. The van der Waals surface area contributed by atoms with Gasteiger partial charge in [0.05, 0.1) is 5.41 Å². The van der Waals surface area contributed by atoms with E-state index in [-0.39, 0.29) is 12.3 Å². The Morgan fingerprint density at radius 2 is 1.64 bits per heavy atom. The van der Waals surface area contributed by atoms with Crippen LogP contribution in [0.5, 0.6) is 0 Å². The minimum atomic E-state index is -1.14. The van der Waals surface area contributed by atoms with E-state index >= 15 is 0 Å². The van der Waals surface area contributed by atoms with Gasteiger partial charge in [-0.2, -0.15) is 0 Å². The quantitative estimate of drug-likeness (QED) is 0.674. The van der Waals surface area contributed by atoms with Crippen molar-refractivity contribution in [1.29, 1.82) is 0 Å². The molecule has 0 radical (unpaired) electrons. The van der Waals surface area contributed by atoms with Gasteiger partial charge in [0.25, 0.3) is 5.91 Å². The summed E-state index contributed by atoms with van der Waals surface area (Å²) < 4.78 is 0. The lowest BCUT2D eigenvalue weighted by atomic mass is 9.89. The second-order valence-electron chi connectivity index (χ2n) is 6.28. The third-order valence-electron chi connectivity index (χ3n) is 3.58. The first-order valence-electron chi connectivity index (χ1n) is 7.85. The fourth-order valence-corrected chi connectivity index (χ4v) is 2.11. The molecular weight excluding hydrogens is 320 g/mol. The van der Waals surface area contributed by atoms with Gasteiger partial charge in [0.2, 0.25) is 5.91 Å². The number of benzene rings is 1. The number of carbonyl (C=O) groups is 3. The number of amides is 2. The summed E-state index contributed by atoms with van der Waals surface area (Å²) >= 11 is 0. The van der Waals surface area contributed by atoms with Crippen LogP contribution in [0.2, 0.25) is 0 Å². The molecule has 6 nitrogen and oxygen atoms in total. The second kappa shape index (κ2) is 8.82. The van der Waals surface area contributed by atoms with E-state index in [9.17, 15) is 14.4 Å². The van der Waals surface area contributed by atoms with Gasteiger partial charge in [-0.1, -0.05) is 12.2 Å². The number of carbonyl (C=O) groups excluding carboxylic acids is 2. The predicted molar refractivity (Wildman–Crippen MR) is 97.4 cm³/mol. The Morgan fingerprint density at radius 1 is 1.12 bits per heavy atom. The van der Waals surface area contributed by atoms with Crippen LogP contribution in [0, 0.1) is 5.41 Å². The molecule has 0 bridgehead atoms. The minimum absolute atomic E-state index is 0.143. The van der Waals surface area contributed by atoms with Gasteiger partial charge in [-0.25, -0.2) is 0 Å². The number of carboxylic acids is 1. The molecule has 0 aliphatic carbocycles. The molecule has 134 valence electrons. The van der Waals surface area contributed by atoms with Crippen molar-refractivity contribution in [3.8, 4) is 0 Å². The van der Waals surface area contributed by atoms with Gasteiger partial charge in [-0.3, -0.25) is 14.4 Å². The second-order valence-corrected chi connectivity index (χ2v) is 6.28. The van der Waals surface area contributed by atoms with Crippen molar-refractivity contribution in [2.24, 2.45) is 5.41 Å². The average molecular weight is 344 g/mol. The van der Waals surface area contributed by atoms with Crippen LogP contribution in [-0.2, 0) is 9.59 Å². The third-order valence-corrected chi connectivity index (χ3v) is 3.58. The highest BCUT2D eigenvalue weighted by Gasteiger charge is 2.30. The zero-order chi connectivity index (χ0) is 19.0. The minimum Gasteiger partial charge on any atom is -0.481 e. The highest BCUT2D eigenvalue weighted by molar-refractivity contribution is 5.96. The van der Waals surface area contributed by atoms with Gasteiger partial charge in [-0.05, 0) is 38.1 Å². The lowest BCUT2D eigenvalue weighted by Gasteiger charge is -2.20. The van der Waals surface area contributed by atoms with Crippen molar-refractivity contribution in [3.63, 3.8) is 0 Å². The van der Waals surface area contributed by atoms with Crippen molar-refractivity contribution in [2.45, 2.75) is 20.3 Å². The number of hydrogen-bond donors (Lipinski definition) is 2. The summed E-state index contributed by atoms with van der Waals surface area (Å²) in [5.74, 6) is -1.59. The Bertz CT molecular complexity index is 653. The smallest absolute Gasteiger partial charge is 0.309 e. The molecule has 0 aliphatic heterocycles. The molecule has 2 N–H and O–H groups in total. The van der Waals surface area contributed by atoms with Crippen LogP contribution in [0.15, 0.2) is 49.6 Å². The van der Waals surface area contributed by atoms with E-state index < -0.39 is 17.3 Å². The van der Waals surface area contributed by atoms with E-state index in [4.69, 9.17) is 5.11 Å². The molecule has 1 aromatic carbocycles. The largest absolute Gasteiger partial charge is 0.481 e. The molecule has 0 saturated carbocycles. The predicted octanol–water partition coefficient (Wildman–Crippen LogP) is 2.94. The molecule has 0 saturated heterocycles. The van der Waals surface area contributed by atoms with Gasteiger partial charge in [0, 0.05) is 30.8 Å². The maximum atomic E-state index is 12.4. The standard InChI is InChI=1S/C19H24N2O4/c1-5-11-21(12-6-2)17(23)14-7-9-15(10-8-14)20-16(22)13-19(3,4)18(24)25/h5-10H,1-2,11-13H2,3-4H3,(H,20,22)(H,24,25). The van der Waals surface area contributed by atoms with Crippen molar-refractivity contribution in [1.82, 2.24) is 4.90 Å². The maximum absolute atomic E-state index is 12.4. The lowest BCUT2D eigenvalue weighted by Crippen LogP contribution is -2.31. The molecule has 1 rings (SSSR count). The summed E-state index contributed by atoms with van der Waals surface area (Å²) in [6.45, 7) is 11.1. The van der Waals surface area contributed by atoms with Crippen LogP contribution in [-0.4, -0.2) is 40.9 Å². The molecule has 0 aliphatic rings. The molecule has 25 heavy (non-hydrogen) atoms. The zero-order valence-electron chi connectivity index (χ0n) is 14.6. The number of nitrogens with zero attached hydrogens (tertiary/aromatic N) is 1. The Hall–Kier alpha value is -2.89. The Labute approximate surface area is 147 Å². The highest BCUT2D eigenvalue weighted by atomic mass is 16.4. The topological polar surface area (TPSA) is 86.7 Å². The van der Waals surface area contributed by atoms with Gasteiger partial charge in [0.15, 0.2) is 0 Å². The number of hydrogen-bond acceptors (Lipinski definition) is 3. The normalized spacial score (nSPS) is 10.6.